The van der Waals surface area contributed by atoms with Gasteiger partial charge >= 0.3 is 0 Å². The Balaban J connectivity index is 2.19. The Morgan fingerprint density at radius 1 is 1.10 bits per heavy atom. The van der Waals surface area contributed by atoms with Gasteiger partial charge in [-0.05, 0) is 49.4 Å². The molecule has 0 aliphatic rings. The molecule has 0 saturated heterocycles. The van der Waals surface area contributed by atoms with Crippen LogP contribution in [0.2, 0.25) is 5.02 Å². The molecule has 8 nitrogen and oxygen atoms in total. The third-order valence-electron chi connectivity index (χ3n) is 3.96. The molecule has 156 valence electrons. The number of benzene rings is 2. The first-order valence-electron chi connectivity index (χ1n) is 8.42. The molecule has 2 aromatic carbocycles. The average Bonchev–Trinajstić information content (AvgIpc) is 2.97. The fourth-order valence-electron chi connectivity index (χ4n) is 2.58. The summed E-state index contributed by atoms with van der Waals surface area (Å²) in [4.78, 5) is 0.137. The Hall–Kier alpha value is -1.76. The Kier molecular flexibility index (Phi) is 6.46. The van der Waals surface area contributed by atoms with Crippen LogP contribution >= 0.6 is 22.9 Å². The zero-order chi connectivity index (χ0) is 21.2. The number of rotatable bonds is 7. The van der Waals surface area contributed by atoms with Crippen molar-refractivity contribution in [2.45, 2.75) is 23.3 Å². The normalized spacial score (nSPS) is 13.3. The number of hydrogen-bond acceptors (Lipinski definition) is 6. The molecule has 1 aromatic heterocycles. The standard InChI is InChI=1S/C17H18ClN3O5S3/c1-2-26-10-9-21-15-8-7-14(28(19,22)23)11-16(15)27-17(21)20-29(24,25)13-5-3-12(18)4-6-13/h3-8,11H,2,9-10H2,1H3,(H2,19,22,23)/b20-17-. The van der Waals surface area contributed by atoms with Gasteiger partial charge in [0.25, 0.3) is 10.0 Å². The number of thiazole rings is 1. The zero-order valence-corrected chi connectivity index (χ0v) is 18.5. The second kappa shape index (κ2) is 8.54. The molecule has 0 amide bonds. The number of aromatic nitrogens is 1. The first-order valence-corrected chi connectivity index (χ1v) is 12.6. The Morgan fingerprint density at radius 2 is 1.76 bits per heavy atom. The second-order valence-corrected chi connectivity index (χ2v) is 10.5. The summed E-state index contributed by atoms with van der Waals surface area (Å²) in [5.41, 5.74) is 0.632. The van der Waals surface area contributed by atoms with Crippen molar-refractivity contribution in [2.24, 2.45) is 9.54 Å². The van der Waals surface area contributed by atoms with Crippen LogP contribution in [0.15, 0.2) is 56.7 Å². The van der Waals surface area contributed by atoms with Crippen LogP contribution in [0, 0.1) is 0 Å². The Bertz CT molecular complexity index is 1310. The highest BCUT2D eigenvalue weighted by molar-refractivity contribution is 7.90. The maximum absolute atomic E-state index is 12.7. The lowest BCUT2D eigenvalue weighted by molar-refractivity contribution is 0.139. The molecule has 1 heterocycles. The van der Waals surface area contributed by atoms with Crippen LogP contribution < -0.4 is 9.94 Å². The topological polar surface area (TPSA) is 121 Å². The van der Waals surface area contributed by atoms with Gasteiger partial charge in [-0.1, -0.05) is 22.9 Å². The minimum absolute atomic E-state index is 0.000870. The van der Waals surface area contributed by atoms with Gasteiger partial charge in [0.15, 0.2) is 0 Å². The van der Waals surface area contributed by atoms with Crippen LogP contribution in [-0.4, -0.2) is 34.6 Å². The molecular formula is C17H18ClN3O5S3. The van der Waals surface area contributed by atoms with Crippen molar-refractivity contribution in [1.82, 2.24) is 4.57 Å². The van der Waals surface area contributed by atoms with Crippen LogP contribution in [0.25, 0.3) is 10.2 Å². The fourth-order valence-corrected chi connectivity index (χ4v) is 5.62. The molecular weight excluding hydrogens is 458 g/mol. The van der Waals surface area contributed by atoms with Crippen molar-refractivity contribution < 1.29 is 21.6 Å². The summed E-state index contributed by atoms with van der Waals surface area (Å²) in [6, 6.07) is 10.0. The first kappa shape index (κ1) is 21.9. The van der Waals surface area contributed by atoms with Crippen molar-refractivity contribution in [3.8, 4) is 0 Å². The van der Waals surface area contributed by atoms with Crippen molar-refractivity contribution in [3.63, 3.8) is 0 Å². The predicted molar refractivity (Wildman–Crippen MR) is 112 cm³/mol. The molecule has 0 aliphatic heterocycles. The molecule has 0 aliphatic carbocycles. The summed E-state index contributed by atoms with van der Waals surface area (Å²) in [7, 11) is -7.89. The molecule has 2 N–H and O–H groups in total. The van der Waals surface area contributed by atoms with Gasteiger partial charge in [0.1, 0.15) is 0 Å². The SMILES string of the molecule is CCOCCn1/c(=N/S(=O)(=O)c2ccc(Cl)cc2)sc2cc(S(N)(=O)=O)ccc21. The van der Waals surface area contributed by atoms with Crippen LogP contribution in [0.5, 0.6) is 0 Å². The largest absolute Gasteiger partial charge is 0.380 e. The third kappa shape index (κ3) is 5.05. The van der Waals surface area contributed by atoms with E-state index < -0.39 is 20.0 Å². The molecule has 0 bridgehead atoms. The highest BCUT2D eigenvalue weighted by Gasteiger charge is 2.16. The van der Waals surface area contributed by atoms with Crippen molar-refractivity contribution >= 4 is 53.2 Å². The van der Waals surface area contributed by atoms with Crippen LogP contribution in [0.1, 0.15) is 6.92 Å². The van der Waals surface area contributed by atoms with Gasteiger partial charge in [-0.15, -0.1) is 4.40 Å². The van der Waals surface area contributed by atoms with Gasteiger partial charge in [-0.3, -0.25) is 0 Å². The van der Waals surface area contributed by atoms with Gasteiger partial charge in [0, 0.05) is 18.2 Å². The molecule has 0 saturated carbocycles. The van der Waals surface area contributed by atoms with Gasteiger partial charge in [0.2, 0.25) is 14.8 Å². The maximum atomic E-state index is 12.7. The fraction of sp³-hybridized carbons (Fsp3) is 0.235. The summed E-state index contributed by atoms with van der Waals surface area (Å²) in [5, 5.41) is 5.61. The lowest BCUT2D eigenvalue weighted by Gasteiger charge is -2.06. The summed E-state index contributed by atoms with van der Waals surface area (Å²) < 4.78 is 60.3. The first-order chi connectivity index (χ1) is 13.6. The van der Waals surface area contributed by atoms with E-state index in [1.807, 2.05) is 6.92 Å². The molecule has 3 rings (SSSR count). The monoisotopic (exact) mass is 475 g/mol. The lowest BCUT2D eigenvalue weighted by atomic mass is 10.3. The van der Waals surface area contributed by atoms with Gasteiger partial charge in [-0.25, -0.2) is 13.6 Å². The number of ether oxygens (including phenoxy) is 1. The molecule has 0 unspecified atom stereocenters. The molecule has 0 atom stereocenters. The molecule has 12 heteroatoms. The highest BCUT2D eigenvalue weighted by Crippen LogP contribution is 2.22. The van der Waals surface area contributed by atoms with E-state index in [4.69, 9.17) is 21.5 Å². The number of fused-ring (bicyclic) bond motifs is 1. The van der Waals surface area contributed by atoms with E-state index in [1.165, 1.54) is 36.4 Å². The van der Waals surface area contributed by atoms with E-state index in [-0.39, 0.29) is 14.6 Å². The molecule has 3 aromatic rings. The Labute approximate surface area is 177 Å². The summed E-state index contributed by atoms with van der Waals surface area (Å²) in [6.45, 7) is 3.05. The van der Waals surface area contributed by atoms with Crippen molar-refractivity contribution in [1.29, 1.82) is 0 Å². The predicted octanol–water partition coefficient (Wildman–Crippen LogP) is 2.33. The minimum atomic E-state index is -4.00. The number of sulfonamides is 2. The van der Waals surface area contributed by atoms with Gasteiger partial charge in [0.05, 0.1) is 26.6 Å². The lowest BCUT2D eigenvalue weighted by Crippen LogP contribution is -2.20. The van der Waals surface area contributed by atoms with E-state index in [9.17, 15) is 16.8 Å². The molecule has 0 spiro atoms. The van der Waals surface area contributed by atoms with Gasteiger partial charge < -0.3 is 9.30 Å². The van der Waals surface area contributed by atoms with E-state index in [0.717, 1.165) is 11.3 Å². The van der Waals surface area contributed by atoms with E-state index >= 15 is 0 Å². The number of hydrogen-bond donors (Lipinski definition) is 1. The number of nitrogens with zero attached hydrogens (tertiary/aromatic N) is 2. The molecule has 0 fully saturated rings. The summed E-state index contributed by atoms with van der Waals surface area (Å²) >= 11 is 6.87. The zero-order valence-electron chi connectivity index (χ0n) is 15.3. The number of nitrogens with two attached hydrogens (primary N) is 1. The summed E-state index contributed by atoms with van der Waals surface area (Å²) in [5.74, 6) is 0. The highest BCUT2D eigenvalue weighted by atomic mass is 35.5. The molecule has 29 heavy (non-hydrogen) atoms. The van der Waals surface area contributed by atoms with Crippen LogP contribution in [-0.2, 0) is 31.3 Å². The van der Waals surface area contributed by atoms with Crippen molar-refractivity contribution in [3.05, 3.63) is 52.3 Å². The quantitative estimate of drug-likeness (QED) is 0.525. The maximum Gasteiger partial charge on any atom is 0.285 e. The van der Waals surface area contributed by atoms with E-state index in [1.54, 1.807) is 10.6 Å². The van der Waals surface area contributed by atoms with E-state index in [2.05, 4.69) is 4.40 Å². The van der Waals surface area contributed by atoms with Crippen LogP contribution in [0.3, 0.4) is 0 Å². The smallest absolute Gasteiger partial charge is 0.285 e. The van der Waals surface area contributed by atoms with Crippen molar-refractivity contribution in [2.75, 3.05) is 13.2 Å². The number of primary sulfonamides is 1. The van der Waals surface area contributed by atoms with Gasteiger partial charge in [-0.2, -0.15) is 8.42 Å². The minimum Gasteiger partial charge on any atom is -0.380 e. The summed E-state index contributed by atoms with van der Waals surface area (Å²) in [6.07, 6.45) is 0. The Morgan fingerprint density at radius 3 is 2.38 bits per heavy atom. The van der Waals surface area contributed by atoms with E-state index in [0.29, 0.717) is 35.0 Å². The second-order valence-electron chi connectivity index (χ2n) is 5.93. The third-order valence-corrected chi connectivity index (χ3v) is 7.56. The average molecular weight is 476 g/mol. The number of halogens is 1. The van der Waals surface area contributed by atoms with Crippen LogP contribution in [0.4, 0.5) is 0 Å². The molecule has 0 radical (unpaired) electrons.